The van der Waals surface area contributed by atoms with Crippen LogP contribution in [0.5, 0.6) is 0 Å². The van der Waals surface area contributed by atoms with E-state index in [1.807, 2.05) is 134 Å². The second-order valence-electron chi connectivity index (χ2n) is 14.2. The third kappa shape index (κ3) is 8.98. The maximum atomic E-state index is 14.6. The van der Waals surface area contributed by atoms with Crippen molar-refractivity contribution in [3.8, 4) is 22.5 Å². The summed E-state index contributed by atoms with van der Waals surface area (Å²) in [5.74, 6) is 0. The Morgan fingerprint density at radius 3 is 1.21 bits per heavy atom. The van der Waals surface area contributed by atoms with Crippen LogP contribution in [-0.4, -0.2) is 9.97 Å². The standard InChI is InChI=1S/C27H19NOP.C27H19NPS.2Ir.6H2/c29-30(23-12-3-1-4-13-23,24-14-5-2-6-15-24)25-16-9-11-22(20-25)27-26-17-8-7-10-21(26)18-19-28-27;30-29(23-12-3-1-4-13-23,24-14-5-2-6-15-24)25-16-9-11-22(20-25)27-26-17-8-7-10-21(26)18-19-28-27;;;;;;;;/h2*1-10,12-20H;;;6*1H/q2*-1;;;;;;;;/i;;;;5*1+2T;1+2. The van der Waals surface area contributed by atoms with Gasteiger partial charge in [0.15, 0.2) is 7.14 Å². The van der Waals surface area contributed by atoms with Gasteiger partial charge in [0.25, 0.3) is 0 Å². The molecule has 0 saturated heterocycles. The van der Waals surface area contributed by atoms with E-state index in [-0.39, 0.29) is 41.6 Å². The van der Waals surface area contributed by atoms with Crippen LogP contribution in [0.4, 0.5) is 0 Å². The van der Waals surface area contributed by atoms with Crippen molar-refractivity contribution < 1.29 is 61.1 Å². The first-order valence-corrected chi connectivity index (χ1v) is 24.2. The summed E-state index contributed by atoms with van der Waals surface area (Å²) < 4.78 is 64.6. The quantitative estimate of drug-likeness (QED) is 0.112. The van der Waals surface area contributed by atoms with Crippen molar-refractivity contribution in [3.63, 3.8) is 0 Å². The Morgan fingerprint density at radius 2 is 0.774 bits per heavy atom. The summed E-state index contributed by atoms with van der Waals surface area (Å²) in [7, 11) is -3.03. The fourth-order valence-corrected chi connectivity index (χ4v) is 14.1. The maximum Gasteiger partial charge on any atom is 0.153 e. The SMILES string of the molecule is O=P(c1ccccc1)(c1ccccc1)c1cc[c-]c(-c2nccc3ccccc23)c1.S=P(c1ccccc1)(c1ccccc1)c1cc[c-]c(-c2nccc3ccccc23)c1.[3HH].[3H][3H].[3H][3H].[3H][3H].[3H][3H].[3H][3H].[Ir].[Ir]. The van der Waals surface area contributed by atoms with Gasteiger partial charge >= 0.3 is 0 Å². The number of hydrogen-bond donors (Lipinski definition) is 0. The second kappa shape index (κ2) is 20.3. The minimum absolute atomic E-state index is 0. The molecule has 0 amide bonds. The molecule has 2 radical (unpaired) electrons. The average Bonchev–Trinajstić information content (AvgIpc) is 3.48. The van der Waals surface area contributed by atoms with Gasteiger partial charge in [-0.25, -0.2) is 0 Å². The third-order valence-corrected chi connectivity index (χ3v) is 18.6. The first kappa shape index (κ1) is 38.4. The number of fused-ring (bicyclic) bond motifs is 2. The Kier molecular flexibility index (Phi) is 12.6. The van der Waals surface area contributed by atoms with Crippen LogP contribution in [0.1, 0.15) is 16.3 Å². The second-order valence-corrected chi connectivity index (χ2v) is 21.4. The van der Waals surface area contributed by atoms with Gasteiger partial charge in [-0.15, -0.1) is 59.7 Å². The number of hydrogen-bond acceptors (Lipinski definition) is 4. The van der Waals surface area contributed by atoms with E-state index < -0.39 is 13.2 Å². The van der Waals surface area contributed by atoms with E-state index in [1.54, 1.807) is 0 Å². The van der Waals surface area contributed by atoms with E-state index in [1.165, 1.54) is 16.0 Å². The molecule has 0 spiro atoms. The number of benzene rings is 8. The minimum atomic E-state index is -3.03. The van der Waals surface area contributed by atoms with Gasteiger partial charge in [0.2, 0.25) is 0 Å². The Balaban J connectivity index is 0.000000603. The monoisotopic (exact) mass is 1240 g/mol. The predicted octanol–water partition coefficient (Wildman–Crippen LogP) is 12.3. The van der Waals surface area contributed by atoms with Crippen molar-refractivity contribution >= 4 is 78.4 Å². The summed E-state index contributed by atoms with van der Waals surface area (Å²) in [5.41, 5.74) is 3.61. The molecular formula is C54H50Ir2N2OP2S-2. The first-order chi connectivity index (χ1) is 34.5. The largest absolute Gasteiger partial charge is 0.310 e. The molecule has 3 nitrogen and oxygen atoms in total. The van der Waals surface area contributed by atoms with Gasteiger partial charge in [-0.1, -0.05) is 192 Å². The summed E-state index contributed by atoms with van der Waals surface area (Å²) in [6.45, 7) is 0. The number of aromatic nitrogens is 2. The van der Waals surface area contributed by atoms with Crippen molar-refractivity contribution in [1.82, 2.24) is 9.97 Å². The van der Waals surface area contributed by atoms with Crippen molar-refractivity contribution in [2.75, 3.05) is 0 Å². The van der Waals surface area contributed by atoms with E-state index in [9.17, 15) is 4.57 Å². The fourth-order valence-electron chi connectivity index (χ4n) is 7.69. The van der Waals surface area contributed by atoms with Gasteiger partial charge in [0, 0.05) is 85.5 Å². The average molecular weight is 1240 g/mol. The van der Waals surface area contributed by atoms with E-state index in [2.05, 4.69) is 114 Å². The van der Waals surface area contributed by atoms with E-state index in [0.29, 0.717) is 0 Å². The molecule has 8 heteroatoms. The van der Waals surface area contributed by atoms with Crippen LogP contribution in [0, 0.1) is 12.1 Å². The Hall–Kier alpha value is -5.24. The molecule has 0 aliphatic heterocycles. The summed E-state index contributed by atoms with van der Waals surface area (Å²) in [6, 6.07) is 77.5. The Morgan fingerprint density at radius 1 is 0.419 bits per heavy atom. The van der Waals surface area contributed by atoms with E-state index >= 15 is 0 Å². The normalized spacial score (nSPS) is 11.7. The van der Waals surface area contributed by atoms with Gasteiger partial charge in [-0.2, -0.15) is 0 Å². The molecule has 8 aromatic carbocycles. The smallest absolute Gasteiger partial charge is 0.153 e. The van der Waals surface area contributed by atoms with Gasteiger partial charge in [0.1, 0.15) is 0 Å². The molecular weight excluding hydrogens is 1170 g/mol. The number of rotatable bonds is 8. The maximum absolute atomic E-state index is 14.6. The van der Waals surface area contributed by atoms with Crippen molar-refractivity contribution in [2.24, 2.45) is 0 Å². The molecule has 10 aromatic rings. The molecule has 0 unspecified atom stereocenters. The Bertz CT molecular complexity index is 2910. The Labute approximate surface area is 412 Å². The van der Waals surface area contributed by atoms with Gasteiger partial charge < -0.3 is 14.5 Å². The molecule has 0 atom stereocenters. The molecule has 62 heavy (non-hydrogen) atoms. The predicted molar refractivity (Wildman–Crippen MR) is 270 cm³/mol. The van der Waals surface area contributed by atoms with Crippen molar-refractivity contribution in [2.45, 2.75) is 0 Å². The fraction of sp³-hybridized carbons (Fsp3) is 0. The molecule has 0 fully saturated rings. The topological polar surface area (TPSA) is 42.9 Å². The zero-order valence-corrected chi connectivity index (χ0v) is 40.6. The summed E-state index contributed by atoms with van der Waals surface area (Å²) in [4.78, 5) is 9.32. The zero-order valence-electron chi connectivity index (χ0n) is 43.2. The molecule has 0 saturated carbocycles. The minimum Gasteiger partial charge on any atom is -0.310 e. The summed E-state index contributed by atoms with van der Waals surface area (Å²) in [6.07, 6.45) is 3.68. The number of pyridine rings is 2. The van der Waals surface area contributed by atoms with Crippen LogP contribution in [0.3, 0.4) is 0 Å². The molecule has 0 bridgehead atoms. The van der Waals surface area contributed by atoms with Crippen molar-refractivity contribution in [3.05, 3.63) is 243 Å². The van der Waals surface area contributed by atoms with E-state index in [0.717, 1.165) is 59.9 Å². The number of nitrogens with zero attached hydrogens (tertiary/aromatic N) is 2. The van der Waals surface area contributed by atoms with Crippen LogP contribution in [-0.2, 0) is 56.6 Å². The summed E-state index contributed by atoms with van der Waals surface area (Å²) >= 11 is 6.48. The van der Waals surface area contributed by atoms with Gasteiger partial charge in [-0.3, -0.25) is 0 Å². The molecule has 2 heterocycles. The van der Waals surface area contributed by atoms with Crippen LogP contribution in [0.2, 0.25) is 0 Å². The van der Waals surface area contributed by atoms with Gasteiger partial charge in [-0.05, 0) is 55.7 Å². The van der Waals surface area contributed by atoms with Crippen molar-refractivity contribution in [1.29, 1.82) is 0 Å². The van der Waals surface area contributed by atoms with Crippen LogP contribution in [0.15, 0.2) is 231 Å². The zero-order chi connectivity index (χ0) is 50.8. The van der Waals surface area contributed by atoms with Crippen LogP contribution in [0.25, 0.3) is 44.1 Å². The summed E-state index contributed by atoms with van der Waals surface area (Å²) in [5, 5.41) is 10.4. The molecule has 10 rings (SSSR count). The van der Waals surface area contributed by atoms with Crippen LogP contribution < -0.4 is 31.8 Å². The van der Waals surface area contributed by atoms with E-state index in [4.69, 9.17) is 31.6 Å². The third-order valence-electron chi connectivity index (χ3n) is 10.6. The first-order valence-electron chi connectivity index (χ1n) is 24.7. The molecule has 2 aromatic heterocycles. The molecule has 318 valence electrons. The molecule has 0 N–H and O–H groups in total. The van der Waals surface area contributed by atoms with Crippen LogP contribution >= 0.6 is 13.2 Å². The molecule has 0 aliphatic carbocycles. The molecule has 0 aliphatic rings. The van der Waals surface area contributed by atoms with Gasteiger partial charge in [0.05, 0.1) is 0 Å².